The Bertz CT molecular complexity index is 409. The molecule has 4 heteroatoms. The first-order chi connectivity index (χ1) is 8.89. The summed E-state index contributed by atoms with van der Waals surface area (Å²) in [6.07, 6.45) is 1.73. The van der Waals surface area contributed by atoms with Crippen LogP contribution in [-0.2, 0) is 4.74 Å². The fourth-order valence-electron chi connectivity index (χ4n) is 1.97. The Kier molecular flexibility index (Phi) is 6.43. The van der Waals surface area contributed by atoms with E-state index in [1.165, 1.54) is 6.07 Å². The Balaban J connectivity index is 2.98. The van der Waals surface area contributed by atoms with E-state index >= 15 is 0 Å². The van der Waals surface area contributed by atoms with Crippen molar-refractivity contribution < 1.29 is 9.13 Å². The molecule has 0 aromatic heterocycles. The molecule has 0 fully saturated rings. The number of halogens is 2. The molecule has 1 aromatic carbocycles. The van der Waals surface area contributed by atoms with Crippen LogP contribution in [0, 0.1) is 5.82 Å². The maximum atomic E-state index is 14.0. The van der Waals surface area contributed by atoms with Crippen molar-refractivity contribution in [1.82, 2.24) is 5.32 Å². The van der Waals surface area contributed by atoms with Gasteiger partial charge in [-0.25, -0.2) is 4.39 Å². The number of hydrogen-bond acceptors (Lipinski definition) is 2. The van der Waals surface area contributed by atoms with Crippen molar-refractivity contribution in [3.63, 3.8) is 0 Å². The van der Waals surface area contributed by atoms with E-state index < -0.39 is 0 Å². The third kappa shape index (κ3) is 5.21. The zero-order chi connectivity index (χ0) is 14.5. The Morgan fingerprint density at radius 1 is 1.42 bits per heavy atom. The van der Waals surface area contributed by atoms with Gasteiger partial charge in [-0.15, -0.1) is 0 Å². The molecule has 0 aliphatic heterocycles. The van der Waals surface area contributed by atoms with Crippen LogP contribution in [0.25, 0.3) is 0 Å². The van der Waals surface area contributed by atoms with E-state index in [0.29, 0.717) is 5.56 Å². The van der Waals surface area contributed by atoms with Crippen molar-refractivity contribution in [3.05, 3.63) is 34.1 Å². The molecule has 0 saturated carbocycles. The summed E-state index contributed by atoms with van der Waals surface area (Å²) in [6, 6.07) is 5.01. The molecular weight excluding hydrogens is 309 g/mol. The van der Waals surface area contributed by atoms with E-state index in [9.17, 15) is 4.39 Å². The third-order valence-corrected chi connectivity index (χ3v) is 3.72. The van der Waals surface area contributed by atoms with Gasteiger partial charge in [0.05, 0.1) is 5.60 Å². The maximum Gasteiger partial charge on any atom is 0.128 e. The zero-order valence-corrected chi connectivity index (χ0v) is 13.7. The van der Waals surface area contributed by atoms with Crippen LogP contribution >= 0.6 is 15.9 Å². The second kappa shape index (κ2) is 7.36. The van der Waals surface area contributed by atoms with Crippen LogP contribution < -0.4 is 5.32 Å². The van der Waals surface area contributed by atoms with E-state index in [1.54, 1.807) is 13.2 Å². The standard InChI is InChI=1S/C15H23BrFNO/c1-5-8-18-14(10-15(2,3)19-4)12-9-11(16)6-7-13(12)17/h6-7,9,14,18H,5,8,10H2,1-4H3. The molecule has 0 heterocycles. The minimum Gasteiger partial charge on any atom is -0.379 e. The van der Waals surface area contributed by atoms with Gasteiger partial charge in [0.1, 0.15) is 5.82 Å². The lowest BCUT2D eigenvalue weighted by molar-refractivity contribution is 0.00658. The van der Waals surface area contributed by atoms with E-state index in [4.69, 9.17) is 4.74 Å². The molecule has 1 aromatic rings. The van der Waals surface area contributed by atoms with Crippen LogP contribution in [0.15, 0.2) is 22.7 Å². The van der Waals surface area contributed by atoms with Gasteiger partial charge >= 0.3 is 0 Å². The van der Waals surface area contributed by atoms with E-state index in [2.05, 4.69) is 28.2 Å². The highest BCUT2D eigenvalue weighted by molar-refractivity contribution is 9.10. The topological polar surface area (TPSA) is 21.3 Å². The Hall–Kier alpha value is -0.450. The largest absolute Gasteiger partial charge is 0.379 e. The normalized spacial score (nSPS) is 13.6. The predicted octanol–water partition coefficient (Wildman–Crippen LogP) is 4.44. The lowest BCUT2D eigenvalue weighted by Gasteiger charge is -2.30. The Labute approximate surface area is 123 Å². The van der Waals surface area contributed by atoms with Crippen LogP contribution in [-0.4, -0.2) is 19.3 Å². The van der Waals surface area contributed by atoms with Gasteiger partial charge in [-0.3, -0.25) is 0 Å². The first-order valence-corrected chi connectivity index (χ1v) is 7.42. The number of nitrogens with one attached hydrogen (secondary N) is 1. The zero-order valence-electron chi connectivity index (χ0n) is 12.1. The fraction of sp³-hybridized carbons (Fsp3) is 0.600. The fourth-order valence-corrected chi connectivity index (χ4v) is 2.35. The van der Waals surface area contributed by atoms with Crippen molar-refractivity contribution >= 4 is 15.9 Å². The molecule has 0 aliphatic rings. The smallest absolute Gasteiger partial charge is 0.128 e. The van der Waals surface area contributed by atoms with Crippen LogP contribution in [0.4, 0.5) is 4.39 Å². The summed E-state index contributed by atoms with van der Waals surface area (Å²) in [7, 11) is 1.69. The molecule has 0 amide bonds. The second-order valence-corrected chi connectivity index (χ2v) is 6.26. The van der Waals surface area contributed by atoms with Gasteiger partial charge in [0.15, 0.2) is 0 Å². The van der Waals surface area contributed by atoms with Crippen molar-refractivity contribution in [2.45, 2.75) is 45.3 Å². The number of benzene rings is 1. The maximum absolute atomic E-state index is 14.0. The first-order valence-electron chi connectivity index (χ1n) is 6.63. The van der Waals surface area contributed by atoms with Gasteiger partial charge in [-0.2, -0.15) is 0 Å². The van der Waals surface area contributed by atoms with E-state index in [0.717, 1.165) is 23.9 Å². The molecule has 0 saturated heterocycles. The number of methoxy groups -OCH3 is 1. The highest BCUT2D eigenvalue weighted by Crippen LogP contribution is 2.29. The van der Waals surface area contributed by atoms with Gasteiger partial charge in [0.25, 0.3) is 0 Å². The van der Waals surface area contributed by atoms with Crippen molar-refractivity contribution in [1.29, 1.82) is 0 Å². The van der Waals surface area contributed by atoms with Gasteiger partial charge in [-0.1, -0.05) is 22.9 Å². The van der Waals surface area contributed by atoms with Crippen LogP contribution in [0.3, 0.4) is 0 Å². The Morgan fingerprint density at radius 2 is 2.11 bits per heavy atom. The summed E-state index contributed by atoms with van der Waals surface area (Å²) in [4.78, 5) is 0. The first kappa shape index (κ1) is 16.6. The Morgan fingerprint density at radius 3 is 2.68 bits per heavy atom. The van der Waals surface area contributed by atoms with Crippen LogP contribution in [0.2, 0.25) is 0 Å². The van der Waals surface area contributed by atoms with Crippen LogP contribution in [0.5, 0.6) is 0 Å². The molecule has 19 heavy (non-hydrogen) atoms. The SMILES string of the molecule is CCCNC(CC(C)(C)OC)c1cc(Br)ccc1F. The van der Waals surface area contributed by atoms with Gasteiger partial charge in [-0.05, 0) is 51.4 Å². The average Bonchev–Trinajstić information content (AvgIpc) is 2.37. The lowest BCUT2D eigenvalue weighted by Crippen LogP contribution is -2.33. The molecule has 1 unspecified atom stereocenters. The molecule has 0 spiro atoms. The number of ether oxygens (including phenoxy) is 1. The van der Waals surface area contributed by atoms with Crippen LogP contribution in [0.1, 0.15) is 45.2 Å². The summed E-state index contributed by atoms with van der Waals surface area (Å²) in [5.41, 5.74) is 0.396. The molecule has 1 atom stereocenters. The summed E-state index contributed by atoms with van der Waals surface area (Å²) >= 11 is 3.40. The summed E-state index contributed by atoms with van der Waals surface area (Å²) < 4.78 is 20.4. The van der Waals surface area contributed by atoms with E-state index in [-0.39, 0.29) is 17.5 Å². The van der Waals surface area contributed by atoms with Gasteiger partial charge in [0, 0.05) is 23.2 Å². The summed E-state index contributed by atoms with van der Waals surface area (Å²) in [5, 5.41) is 3.40. The summed E-state index contributed by atoms with van der Waals surface area (Å²) in [5.74, 6) is -0.177. The van der Waals surface area contributed by atoms with E-state index in [1.807, 2.05) is 19.9 Å². The van der Waals surface area contributed by atoms with Crippen molar-refractivity contribution in [3.8, 4) is 0 Å². The predicted molar refractivity (Wildman–Crippen MR) is 80.8 cm³/mol. The average molecular weight is 332 g/mol. The molecule has 1 N–H and O–H groups in total. The molecule has 108 valence electrons. The van der Waals surface area contributed by atoms with Gasteiger partial charge < -0.3 is 10.1 Å². The number of hydrogen-bond donors (Lipinski definition) is 1. The minimum atomic E-state index is -0.292. The van der Waals surface area contributed by atoms with Crippen molar-refractivity contribution in [2.75, 3.05) is 13.7 Å². The van der Waals surface area contributed by atoms with Crippen molar-refractivity contribution in [2.24, 2.45) is 0 Å². The molecule has 2 nitrogen and oxygen atoms in total. The lowest BCUT2D eigenvalue weighted by atomic mass is 9.93. The molecule has 0 aliphatic carbocycles. The number of rotatable bonds is 7. The molecule has 0 bridgehead atoms. The summed E-state index contributed by atoms with van der Waals surface area (Å²) in [6.45, 7) is 6.99. The molecule has 1 rings (SSSR count). The highest BCUT2D eigenvalue weighted by atomic mass is 79.9. The van der Waals surface area contributed by atoms with Gasteiger partial charge in [0.2, 0.25) is 0 Å². The molecule has 0 radical (unpaired) electrons. The monoisotopic (exact) mass is 331 g/mol. The minimum absolute atomic E-state index is 0.0487. The third-order valence-electron chi connectivity index (χ3n) is 3.22. The highest BCUT2D eigenvalue weighted by Gasteiger charge is 2.25. The molecular formula is C15H23BrFNO. The second-order valence-electron chi connectivity index (χ2n) is 5.34. The quantitative estimate of drug-likeness (QED) is 0.797.